The number of aliphatic hydroxyl groups is 1. The molecule has 0 aromatic rings. The van der Waals surface area contributed by atoms with E-state index in [1.165, 1.54) is 51.4 Å². The average Bonchev–Trinajstić information content (AvgIpc) is 3.11. The molecule has 3 saturated carbocycles. The number of epoxide rings is 1. The van der Waals surface area contributed by atoms with E-state index in [1.54, 1.807) is 5.57 Å². The van der Waals surface area contributed by atoms with Gasteiger partial charge in [0.1, 0.15) is 0 Å². The molecule has 0 radical (unpaired) electrons. The molecule has 9 atom stereocenters. The third-order valence-corrected chi connectivity index (χ3v) is 10.9. The van der Waals surface area contributed by atoms with Gasteiger partial charge in [-0.2, -0.15) is 0 Å². The fourth-order valence-electron chi connectivity index (χ4n) is 8.97. The average molecular weight is 401 g/mol. The van der Waals surface area contributed by atoms with Gasteiger partial charge >= 0.3 is 0 Å². The number of fused-ring (bicyclic) bond motifs is 5. The maximum atomic E-state index is 10.2. The van der Waals surface area contributed by atoms with Crippen LogP contribution in [0.5, 0.6) is 0 Å². The molecule has 1 aliphatic heterocycles. The van der Waals surface area contributed by atoms with Gasteiger partial charge in [-0.05, 0) is 118 Å². The van der Waals surface area contributed by atoms with Crippen LogP contribution in [0.2, 0.25) is 0 Å². The molecule has 4 aliphatic carbocycles. The fourth-order valence-corrected chi connectivity index (χ4v) is 8.97. The van der Waals surface area contributed by atoms with Gasteiger partial charge in [-0.15, -0.1) is 0 Å². The van der Waals surface area contributed by atoms with E-state index in [0.29, 0.717) is 16.9 Å². The second kappa shape index (κ2) is 6.83. The van der Waals surface area contributed by atoms with Crippen molar-refractivity contribution < 1.29 is 9.84 Å². The molecule has 1 N–H and O–H groups in total. The zero-order valence-electron chi connectivity index (χ0n) is 19.5. The van der Waals surface area contributed by atoms with Crippen molar-refractivity contribution in [2.45, 2.75) is 117 Å². The summed E-state index contributed by atoms with van der Waals surface area (Å²) in [4.78, 5) is 0. The molecule has 5 aliphatic rings. The molecule has 164 valence electrons. The summed E-state index contributed by atoms with van der Waals surface area (Å²) in [6.45, 7) is 12.3. The number of aliphatic hydroxyl groups excluding tert-OH is 1. The largest absolute Gasteiger partial charge is 0.393 e. The van der Waals surface area contributed by atoms with E-state index >= 15 is 0 Å². The maximum Gasteiger partial charge on any atom is 0.0892 e. The highest BCUT2D eigenvalue weighted by Gasteiger charge is 2.59. The normalized spacial score (nSPS) is 51.4. The molecule has 2 heteroatoms. The minimum atomic E-state index is -0.0862. The summed E-state index contributed by atoms with van der Waals surface area (Å²) < 4.78 is 5.86. The lowest BCUT2D eigenvalue weighted by molar-refractivity contribution is -0.0573. The van der Waals surface area contributed by atoms with Crippen molar-refractivity contribution in [2.24, 2.45) is 40.4 Å². The molecule has 4 fully saturated rings. The molecule has 2 nitrogen and oxygen atoms in total. The molecule has 0 amide bonds. The number of allylic oxidation sites excluding steroid dienone is 1. The minimum Gasteiger partial charge on any atom is -0.393 e. The summed E-state index contributed by atoms with van der Waals surface area (Å²) in [5.74, 6) is 4.41. The van der Waals surface area contributed by atoms with Gasteiger partial charge in [-0.25, -0.2) is 0 Å². The van der Waals surface area contributed by atoms with Gasteiger partial charge in [0, 0.05) is 0 Å². The molecule has 0 spiro atoms. The molecular weight excluding hydrogens is 356 g/mol. The molecule has 1 heterocycles. The molecular formula is C27H44O2. The van der Waals surface area contributed by atoms with Crippen molar-refractivity contribution in [3.05, 3.63) is 11.6 Å². The topological polar surface area (TPSA) is 32.8 Å². The van der Waals surface area contributed by atoms with Crippen LogP contribution >= 0.6 is 0 Å². The predicted molar refractivity (Wildman–Crippen MR) is 119 cm³/mol. The first-order chi connectivity index (χ1) is 13.6. The van der Waals surface area contributed by atoms with Gasteiger partial charge < -0.3 is 9.84 Å². The highest BCUT2D eigenvalue weighted by atomic mass is 16.6. The first kappa shape index (κ1) is 20.6. The van der Waals surface area contributed by atoms with E-state index < -0.39 is 0 Å². The summed E-state index contributed by atoms with van der Waals surface area (Å²) in [5, 5.41) is 10.2. The summed E-state index contributed by atoms with van der Waals surface area (Å²) in [6, 6.07) is 0. The van der Waals surface area contributed by atoms with Crippen LogP contribution in [0.25, 0.3) is 0 Å². The Kier molecular flexibility index (Phi) is 4.84. The standard InChI is InChI=1S/C27H44O2/c1-17(6-11-24-25(2,3)29-24)21-9-10-22-20-8-7-18-16-19(28)12-14-26(18,4)23(20)13-15-27(21,22)5/h7,17,19-24,28H,6,8-16H2,1-5H3/t17-,19+,20?,21?,22?,23?,24+,26+,27-/m1/s1. The molecule has 1 saturated heterocycles. The zero-order chi connectivity index (χ0) is 20.6. The number of ether oxygens (including phenoxy) is 1. The summed E-state index contributed by atoms with van der Waals surface area (Å²) in [7, 11) is 0. The van der Waals surface area contributed by atoms with Crippen molar-refractivity contribution in [2.75, 3.05) is 0 Å². The molecule has 0 aromatic heterocycles. The Balaban J connectivity index is 1.30. The number of hydrogen-bond acceptors (Lipinski definition) is 2. The molecule has 4 unspecified atom stereocenters. The van der Waals surface area contributed by atoms with Crippen molar-refractivity contribution >= 4 is 0 Å². The van der Waals surface area contributed by atoms with Gasteiger partial charge in [0.15, 0.2) is 0 Å². The zero-order valence-corrected chi connectivity index (χ0v) is 19.5. The van der Waals surface area contributed by atoms with E-state index in [9.17, 15) is 5.11 Å². The first-order valence-electron chi connectivity index (χ1n) is 12.7. The Labute approximate surface area is 178 Å². The lowest BCUT2D eigenvalue weighted by Gasteiger charge is -2.58. The van der Waals surface area contributed by atoms with Crippen LogP contribution in [0.1, 0.15) is 98.8 Å². The van der Waals surface area contributed by atoms with E-state index in [4.69, 9.17) is 4.74 Å². The highest BCUT2D eigenvalue weighted by molar-refractivity contribution is 5.25. The Morgan fingerprint density at radius 2 is 1.83 bits per heavy atom. The van der Waals surface area contributed by atoms with E-state index in [0.717, 1.165) is 42.4 Å². The highest BCUT2D eigenvalue weighted by Crippen LogP contribution is 2.67. The third-order valence-electron chi connectivity index (χ3n) is 10.9. The molecule has 5 rings (SSSR count). The quantitative estimate of drug-likeness (QED) is 0.430. The van der Waals surface area contributed by atoms with Gasteiger partial charge in [-0.3, -0.25) is 0 Å². The van der Waals surface area contributed by atoms with Crippen molar-refractivity contribution in [1.29, 1.82) is 0 Å². The molecule has 0 bridgehead atoms. The van der Waals surface area contributed by atoms with Crippen molar-refractivity contribution in [3.63, 3.8) is 0 Å². The Morgan fingerprint density at radius 3 is 2.55 bits per heavy atom. The van der Waals surface area contributed by atoms with Crippen LogP contribution in [-0.4, -0.2) is 22.9 Å². The second-order valence-electron chi connectivity index (χ2n) is 12.6. The van der Waals surface area contributed by atoms with E-state index in [2.05, 4.69) is 40.7 Å². The van der Waals surface area contributed by atoms with Crippen molar-refractivity contribution in [3.8, 4) is 0 Å². The Hall–Kier alpha value is -0.340. The minimum absolute atomic E-state index is 0.0862. The molecule has 0 aromatic carbocycles. The lowest BCUT2D eigenvalue weighted by atomic mass is 9.47. The van der Waals surface area contributed by atoms with Crippen LogP contribution in [0, 0.1) is 40.4 Å². The van der Waals surface area contributed by atoms with Gasteiger partial charge in [-0.1, -0.05) is 32.4 Å². The van der Waals surface area contributed by atoms with Crippen LogP contribution < -0.4 is 0 Å². The van der Waals surface area contributed by atoms with Gasteiger partial charge in [0.2, 0.25) is 0 Å². The lowest BCUT2D eigenvalue weighted by Crippen LogP contribution is -2.50. The summed E-state index contributed by atoms with van der Waals surface area (Å²) >= 11 is 0. The SMILES string of the molecule is C[C@H](CC[C@@H]1OC1(C)C)C1CCC2C3CC=C4C[C@@H](O)CC[C@]4(C)C3CC[C@@]21C. The fraction of sp³-hybridized carbons (Fsp3) is 0.926. The van der Waals surface area contributed by atoms with Crippen LogP contribution in [0.4, 0.5) is 0 Å². The smallest absolute Gasteiger partial charge is 0.0892 e. The van der Waals surface area contributed by atoms with Crippen LogP contribution in [-0.2, 0) is 4.74 Å². The molecule has 29 heavy (non-hydrogen) atoms. The maximum absolute atomic E-state index is 10.2. The van der Waals surface area contributed by atoms with E-state index in [-0.39, 0.29) is 11.7 Å². The summed E-state index contributed by atoms with van der Waals surface area (Å²) in [5.41, 5.74) is 2.68. The summed E-state index contributed by atoms with van der Waals surface area (Å²) in [6.07, 6.45) is 15.8. The Morgan fingerprint density at radius 1 is 1.07 bits per heavy atom. The third kappa shape index (κ3) is 3.18. The number of rotatable bonds is 4. The number of hydrogen-bond donors (Lipinski definition) is 1. The van der Waals surface area contributed by atoms with Gasteiger partial charge in [0.25, 0.3) is 0 Å². The first-order valence-corrected chi connectivity index (χ1v) is 12.7. The second-order valence-corrected chi connectivity index (χ2v) is 12.6. The van der Waals surface area contributed by atoms with Gasteiger partial charge in [0.05, 0.1) is 17.8 Å². The predicted octanol–water partition coefficient (Wildman–Crippen LogP) is 6.52. The van der Waals surface area contributed by atoms with Crippen molar-refractivity contribution in [1.82, 2.24) is 0 Å². The Bertz CT molecular complexity index is 680. The van der Waals surface area contributed by atoms with Crippen LogP contribution in [0.15, 0.2) is 11.6 Å². The van der Waals surface area contributed by atoms with E-state index in [1.807, 2.05) is 0 Å². The monoisotopic (exact) mass is 400 g/mol. The van der Waals surface area contributed by atoms with Crippen LogP contribution in [0.3, 0.4) is 0 Å².